The van der Waals surface area contributed by atoms with Gasteiger partial charge >= 0.3 is 0 Å². The largest absolute Gasteiger partial charge is 0.355 e. The lowest BCUT2D eigenvalue weighted by Gasteiger charge is -2.04. The van der Waals surface area contributed by atoms with E-state index in [-0.39, 0.29) is 5.91 Å². The molecule has 5 nitrogen and oxygen atoms in total. The van der Waals surface area contributed by atoms with Crippen LogP contribution in [0.4, 0.5) is 0 Å². The van der Waals surface area contributed by atoms with Gasteiger partial charge in [0.25, 0.3) is 0 Å². The van der Waals surface area contributed by atoms with Crippen molar-refractivity contribution in [2.45, 2.75) is 24.7 Å². The molecule has 0 saturated carbocycles. The van der Waals surface area contributed by atoms with E-state index in [2.05, 4.69) is 27.6 Å². The molecule has 0 spiro atoms. The minimum atomic E-state index is -0.00579. The fourth-order valence-electron chi connectivity index (χ4n) is 2.36. The Hall–Kier alpha value is -2.60. The fraction of sp³-hybridized carbons (Fsp3) is 0.250. The minimum absolute atomic E-state index is 0.00579. The summed E-state index contributed by atoms with van der Waals surface area (Å²) >= 11 is 1.72. The van der Waals surface area contributed by atoms with Crippen LogP contribution in [0.25, 0.3) is 11.4 Å². The van der Waals surface area contributed by atoms with Gasteiger partial charge in [-0.1, -0.05) is 53.2 Å². The van der Waals surface area contributed by atoms with Gasteiger partial charge in [0.2, 0.25) is 17.6 Å². The number of carbonyl (C=O) groups is 1. The predicted octanol–water partition coefficient (Wildman–Crippen LogP) is 3.89. The molecular weight excluding hydrogens is 346 g/mol. The van der Waals surface area contributed by atoms with Crippen molar-refractivity contribution in [2.75, 3.05) is 12.3 Å². The van der Waals surface area contributed by atoms with Gasteiger partial charge in [-0.25, -0.2) is 0 Å². The summed E-state index contributed by atoms with van der Waals surface area (Å²) in [7, 11) is 0. The second kappa shape index (κ2) is 9.20. The van der Waals surface area contributed by atoms with Crippen LogP contribution < -0.4 is 5.32 Å². The van der Waals surface area contributed by atoms with Crippen LogP contribution in [0.2, 0.25) is 0 Å². The Labute approximate surface area is 157 Å². The molecule has 26 heavy (non-hydrogen) atoms. The molecule has 6 heteroatoms. The third-order valence-electron chi connectivity index (χ3n) is 3.78. The third kappa shape index (κ3) is 5.46. The predicted molar refractivity (Wildman–Crippen MR) is 103 cm³/mol. The maximum atomic E-state index is 11.9. The van der Waals surface area contributed by atoms with Gasteiger partial charge in [0.1, 0.15) is 0 Å². The number of benzene rings is 2. The van der Waals surface area contributed by atoms with Crippen LogP contribution in [0, 0.1) is 6.92 Å². The van der Waals surface area contributed by atoms with Crippen molar-refractivity contribution < 1.29 is 9.32 Å². The van der Waals surface area contributed by atoms with Crippen molar-refractivity contribution in [1.29, 1.82) is 0 Å². The van der Waals surface area contributed by atoms with E-state index in [1.54, 1.807) is 11.8 Å². The van der Waals surface area contributed by atoms with E-state index in [1.165, 1.54) is 10.5 Å². The maximum Gasteiger partial charge on any atom is 0.227 e. The number of nitrogens with one attached hydrogen (secondary N) is 1. The summed E-state index contributed by atoms with van der Waals surface area (Å²) in [6, 6.07) is 18.1. The lowest BCUT2D eigenvalue weighted by atomic mass is 10.1. The number of thioether (sulfide) groups is 1. The molecule has 0 radical (unpaired) electrons. The lowest BCUT2D eigenvalue weighted by Crippen LogP contribution is -2.25. The molecule has 1 amide bonds. The molecule has 1 heterocycles. The summed E-state index contributed by atoms with van der Waals surface area (Å²) in [5.74, 6) is 1.87. The SMILES string of the molecule is Cc1ccc(-c2noc(CCC(=O)NCCSc3ccccc3)n2)cc1. The topological polar surface area (TPSA) is 68.0 Å². The molecule has 134 valence electrons. The van der Waals surface area contributed by atoms with E-state index in [4.69, 9.17) is 4.52 Å². The zero-order valence-electron chi connectivity index (χ0n) is 14.6. The number of rotatable bonds is 8. The quantitative estimate of drug-likeness (QED) is 0.483. The average molecular weight is 367 g/mol. The summed E-state index contributed by atoms with van der Waals surface area (Å²) in [6.45, 7) is 2.67. The highest BCUT2D eigenvalue weighted by Gasteiger charge is 2.10. The van der Waals surface area contributed by atoms with Crippen LogP contribution in [0.5, 0.6) is 0 Å². The van der Waals surface area contributed by atoms with Gasteiger partial charge in [-0.05, 0) is 19.1 Å². The molecule has 0 bridgehead atoms. The standard InChI is InChI=1S/C20H21N3O2S/c1-15-7-9-16(10-8-15)20-22-19(25-23-20)12-11-18(24)21-13-14-26-17-5-3-2-4-6-17/h2-10H,11-14H2,1H3,(H,21,24). The summed E-state index contributed by atoms with van der Waals surface area (Å²) < 4.78 is 5.24. The molecular formula is C20H21N3O2S. The molecule has 0 aliphatic rings. The van der Waals surface area contributed by atoms with Crippen LogP contribution in [-0.4, -0.2) is 28.3 Å². The Bertz CT molecular complexity index is 832. The second-order valence-electron chi connectivity index (χ2n) is 5.89. The average Bonchev–Trinajstić information content (AvgIpc) is 3.14. The first-order valence-electron chi connectivity index (χ1n) is 8.55. The van der Waals surface area contributed by atoms with Gasteiger partial charge in [0.05, 0.1) is 0 Å². The summed E-state index contributed by atoms with van der Waals surface area (Å²) in [5, 5.41) is 6.90. The molecule has 0 fully saturated rings. The van der Waals surface area contributed by atoms with Gasteiger partial charge in [-0.2, -0.15) is 4.98 Å². The molecule has 1 N–H and O–H groups in total. The first-order chi connectivity index (χ1) is 12.7. The second-order valence-corrected chi connectivity index (χ2v) is 7.06. The van der Waals surface area contributed by atoms with E-state index < -0.39 is 0 Å². The molecule has 1 aromatic heterocycles. The van der Waals surface area contributed by atoms with Crippen molar-refractivity contribution in [1.82, 2.24) is 15.5 Å². The van der Waals surface area contributed by atoms with Crippen molar-refractivity contribution >= 4 is 17.7 Å². The first kappa shape index (κ1) is 18.2. The summed E-state index contributed by atoms with van der Waals surface area (Å²) in [5.41, 5.74) is 2.09. The van der Waals surface area contributed by atoms with E-state index in [1.807, 2.05) is 49.4 Å². The monoisotopic (exact) mass is 367 g/mol. The Morgan fingerprint density at radius 1 is 1.12 bits per heavy atom. The Kier molecular flexibility index (Phi) is 6.44. The van der Waals surface area contributed by atoms with Crippen molar-refractivity contribution in [3.8, 4) is 11.4 Å². The molecule has 0 atom stereocenters. The Balaban J connectivity index is 1.38. The molecule has 2 aromatic carbocycles. The van der Waals surface area contributed by atoms with Crippen LogP contribution in [0.15, 0.2) is 64.0 Å². The van der Waals surface area contributed by atoms with Gasteiger partial charge in [-0.3, -0.25) is 4.79 Å². The molecule has 3 aromatic rings. The zero-order chi connectivity index (χ0) is 18.2. The molecule has 0 aliphatic carbocycles. The van der Waals surface area contributed by atoms with E-state index in [0.717, 1.165) is 11.3 Å². The number of carbonyl (C=O) groups excluding carboxylic acids is 1. The Morgan fingerprint density at radius 3 is 2.65 bits per heavy atom. The number of nitrogens with zero attached hydrogens (tertiary/aromatic N) is 2. The van der Waals surface area contributed by atoms with Crippen molar-refractivity contribution in [2.24, 2.45) is 0 Å². The van der Waals surface area contributed by atoms with E-state index >= 15 is 0 Å². The number of aryl methyl sites for hydroxylation is 2. The first-order valence-corrected chi connectivity index (χ1v) is 9.53. The van der Waals surface area contributed by atoms with Crippen LogP contribution in [0.1, 0.15) is 17.9 Å². The zero-order valence-corrected chi connectivity index (χ0v) is 15.5. The number of hydrogen-bond acceptors (Lipinski definition) is 5. The highest BCUT2D eigenvalue weighted by atomic mass is 32.2. The third-order valence-corrected chi connectivity index (χ3v) is 4.79. The van der Waals surface area contributed by atoms with Crippen molar-refractivity contribution in [3.05, 3.63) is 66.1 Å². The molecule has 0 aliphatic heterocycles. The number of hydrogen-bond donors (Lipinski definition) is 1. The van der Waals surface area contributed by atoms with Crippen LogP contribution in [-0.2, 0) is 11.2 Å². The maximum absolute atomic E-state index is 11.9. The summed E-state index contributed by atoms with van der Waals surface area (Å²) in [4.78, 5) is 17.5. The lowest BCUT2D eigenvalue weighted by molar-refractivity contribution is -0.121. The van der Waals surface area contributed by atoms with Gasteiger partial charge in [0, 0.05) is 35.6 Å². The minimum Gasteiger partial charge on any atom is -0.355 e. The molecule has 0 unspecified atom stereocenters. The Morgan fingerprint density at radius 2 is 1.88 bits per heavy atom. The van der Waals surface area contributed by atoms with E-state index in [0.29, 0.717) is 31.1 Å². The highest BCUT2D eigenvalue weighted by molar-refractivity contribution is 7.99. The molecule has 0 saturated heterocycles. The normalized spacial score (nSPS) is 10.7. The number of aromatic nitrogens is 2. The van der Waals surface area contributed by atoms with Crippen LogP contribution in [0.3, 0.4) is 0 Å². The van der Waals surface area contributed by atoms with Crippen LogP contribution >= 0.6 is 11.8 Å². The fourth-order valence-corrected chi connectivity index (χ4v) is 3.15. The smallest absolute Gasteiger partial charge is 0.227 e. The van der Waals surface area contributed by atoms with Crippen molar-refractivity contribution in [3.63, 3.8) is 0 Å². The van der Waals surface area contributed by atoms with Gasteiger partial charge in [-0.15, -0.1) is 11.8 Å². The highest BCUT2D eigenvalue weighted by Crippen LogP contribution is 2.17. The van der Waals surface area contributed by atoms with Gasteiger partial charge in [0.15, 0.2) is 0 Å². The van der Waals surface area contributed by atoms with E-state index in [9.17, 15) is 4.79 Å². The molecule has 3 rings (SSSR count). The van der Waals surface area contributed by atoms with Gasteiger partial charge < -0.3 is 9.84 Å². The number of amides is 1. The summed E-state index contributed by atoms with van der Waals surface area (Å²) in [6.07, 6.45) is 0.780.